The van der Waals surface area contributed by atoms with Crippen molar-refractivity contribution in [3.63, 3.8) is 0 Å². The van der Waals surface area contributed by atoms with Crippen LogP contribution in [0.2, 0.25) is 15.1 Å². The monoisotopic (exact) mass is 389 g/mol. The second kappa shape index (κ2) is 7.83. The lowest BCUT2D eigenvalue weighted by Gasteiger charge is -2.10. The van der Waals surface area contributed by atoms with Gasteiger partial charge in [-0.05, 0) is 36.8 Å². The molecule has 0 aromatic heterocycles. The summed E-state index contributed by atoms with van der Waals surface area (Å²) in [5.41, 5.74) is 0.826. The van der Waals surface area contributed by atoms with Gasteiger partial charge in [0, 0.05) is 5.69 Å². The zero-order valence-electron chi connectivity index (χ0n) is 12.3. The van der Waals surface area contributed by atoms with Crippen molar-refractivity contribution < 1.29 is 18.7 Å². The van der Waals surface area contributed by atoms with Crippen molar-refractivity contribution in [2.24, 2.45) is 0 Å². The van der Waals surface area contributed by atoms with Gasteiger partial charge >= 0.3 is 5.97 Å². The molecule has 0 aliphatic heterocycles. The van der Waals surface area contributed by atoms with Gasteiger partial charge in [0.15, 0.2) is 6.61 Å². The minimum atomic E-state index is -0.890. The van der Waals surface area contributed by atoms with Crippen molar-refractivity contribution in [3.8, 4) is 0 Å². The van der Waals surface area contributed by atoms with Crippen LogP contribution in [0.4, 0.5) is 10.1 Å². The van der Waals surface area contributed by atoms with Crippen molar-refractivity contribution in [1.82, 2.24) is 0 Å². The van der Waals surface area contributed by atoms with Crippen molar-refractivity contribution in [1.29, 1.82) is 0 Å². The Morgan fingerprint density at radius 1 is 1.12 bits per heavy atom. The molecule has 126 valence electrons. The predicted octanol–water partition coefficient (Wildman–Crippen LogP) is 4.89. The molecule has 0 saturated carbocycles. The van der Waals surface area contributed by atoms with Crippen LogP contribution in [0.3, 0.4) is 0 Å². The fourth-order valence-corrected chi connectivity index (χ4v) is 2.52. The van der Waals surface area contributed by atoms with Gasteiger partial charge in [-0.25, -0.2) is 9.18 Å². The number of hydrogen-bond donors (Lipinski definition) is 1. The number of benzene rings is 2. The first-order valence-corrected chi connectivity index (χ1v) is 7.79. The summed E-state index contributed by atoms with van der Waals surface area (Å²) in [6, 6.07) is 6.78. The highest BCUT2D eigenvalue weighted by Crippen LogP contribution is 2.31. The van der Waals surface area contributed by atoms with Crippen molar-refractivity contribution in [3.05, 3.63) is 62.3 Å². The second-order valence-electron chi connectivity index (χ2n) is 4.80. The van der Waals surface area contributed by atoms with Gasteiger partial charge in [0.05, 0.1) is 20.6 Å². The molecule has 0 fully saturated rings. The van der Waals surface area contributed by atoms with Gasteiger partial charge < -0.3 is 10.1 Å². The van der Waals surface area contributed by atoms with Gasteiger partial charge in [0.25, 0.3) is 5.91 Å². The van der Waals surface area contributed by atoms with E-state index in [1.807, 2.05) is 0 Å². The molecule has 0 aliphatic carbocycles. The Kier molecular flexibility index (Phi) is 6.04. The lowest BCUT2D eigenvalue weighted by atomic mass is 10.2. The van der Waals surface area contributed by atoms with Gasteiger partial charge in [-0.1, -0.05) is 40.9 Å². The van der Waals surface area contributed by atoms with E-state index in [0.29, 0.717) is 5.56 Å². The molecular weight excluding hydrogens is 380 g/mol. The highest BCUT2D eigenvalue weighted by atomic mass is 35.5. The standard InChI is InChI=1S/C16H11Cl3FNO3/c1-8-2-3-9(20)6-12(8)21-13(22)7-24-16(23)14-10(17)4-5-11(18)15(14)19/h2-6H,7H2,1H3,(H,21,22). The van der Waals surface area contributed by atoms with Gasteiger partial charge in [-0.15, -0.1) is 0 Å². The molecule has 0 bridgehead atoms. The van der Waals surface area contributed by atoms with Crippen LogP contribution in [0.1, 0.15) is 15.9 Å². The van der Waals surface area contributed by atoms with E-state index in [9.17, 15) is 14.0 Å². The number of amides is 1. The smallest absolute Gasteiger partial charge is 0.341 e. The lowest BCUT2D eigenvalue weighted by molar-refractivity contribution is -0.119. The van der Waals surface area contributed by atoms with Gasteiger partial charge in [-0.2, -0.15) is 0 Å². The van der Waals surface area contributed by atoms with E-state index in [2.05, 4.69) is 5.32 Å². The number of carbonyl (C=O) groups excluding carboxylic acids is 2. The minimum absolute atomic E-state index is 0.0517. The minimum Gasteiger partial charge on any atom is -0.452 e. The summed E-state index contributed by atoms with van der Waals surface area (Å²) >= 11 is 17.6. The summed E-state index contributed by atoms with van der Waals surface area (Å²) in [6.07, 6.45) is 0. The maximum atomic E-state index is 13.2. The summed E-state index contributed by atoms with van der Waals surface area (Å²) in [4.78, 5) is 23.9. The third-order valence-electron chi connectivity index (χ3n) is 3.06. The van der Waals surface area contributed by atoms with Crippen molar-refractivity contribution in [2.45, 2.75) is 6.92 Å². The molecule has 2 rings (SSSR count). The Morgan fingerprint density at radius 2 is 1.79 bits per heavy atom. The van der Waals surface area contributed by atoms with Crippen LogP contribution >= 0.6 is 34.8 Å². The number of esters is 1. The molecule has 0 heterocycles. The fourth-order valence-electron chi connectivity index (χ4n) is 1.83. The maximum Gasteiger partial charge on any atom is 0.341 e. The van der Waals surface area contributed by atoms with Crippen LogP contribution in [0, 0.1) is 12.7 Å². The Labute approximate surface area is 152 Å². The molecule has 24 heavy (non-hydrogen) atoms. The predicted molar refractivity (Wildman–Crippen MR) is 91.5 cm³/mol. The summed E-state index contributed by atoms with van der Waals surface area (Å²) in [6.45, 7) is 1.11. The number of hydrogen-bond acceptors (Lipinski definition) is 3. The van der Waals surface area contributed by atoms with Gasteiger partial charge in [0.1, 0.15) is 5.82 Å². The number of nitrogens with one attached hydrogen (secondary N) is 1. The molecule has 0 aliphatic rings. The first-order valence-electron chi connectivity index (χ1n) is 6.66. The Morgan fingerprint density at radius 3 is 2.50 bits per heavy atom. The third-order valence-corrected chi connectivity index (χ3v) is 4.18. The Hall–Kier alpha value is -1.82. The third kappa shape index (κ3) is 4.38. The first-order chi connectivity index (χ1) is 11.3. The summed E-state index contributed by atoms with van der Waals surface area (Å²) < 4.78 is 18.1. The zero-order valence-corrected chi connectivity index (χ0v) is 14.6. The molecular formula is C16H11Cl3FNO3. The molecule has 8 heteroatoms. The lowest BCUT2D eigenvalue weighted by Crippen LogP contribution is -2.21. The zero-order chi connectivity index (χ0) is 17.9. The van der Waals surface area contributed by atoms with Crippen LogP contribution in [0.15, 0.2) is 30.3 Å². The average molecular weight is 391 g/mol. The number of anilines is 1. The normalized spacial score (nSPS) is 10.4. The molecule has 2 aromatic rings. The molecule has 0 spiro atoms. The quantitative estimate of drug-likeness (QED) is 0.597. The number of carbonyl (C=O) groups is 2. The molecule has 0 unspecified atom stereocenters. The number of aryl methyl sites for hydroxylation is 1. The van der Waals surface area contributed by atoms with Crippen LogP contribution in [0.25, 0.3) is 0 Å². The summed E-state index contributed by atoms with van der Waals surface area (Å²) in [5.74, 6) is -2.02. The SMILES string of the molecule is Cc1ccc(F)cc1NC(=O)COC(=O)c1c(Cl)ccc(Cl)c1Cl. The molecule has 4 nitrogen and oxygen atoms in total. The average Bonchev–Trinajstić information content (AvgIpc) is 2.53. The van der Waals surface area contributed by atoms with Gasteiger partial charge in [-0.3, -0.25) is 4.79 Å². The molecule has 0 atom stereocenters. The number of halogens is 4. The maximum absolute atomic E-state index is 13.2. The highest BCUT2D eigenvalue weighted by Gasteiger charge is 2.20. The Bertz CT molecular complexity index is 811. The van der Waals surface area contributed by atoms with Crippen molar-refractivity contribution in [2.75, 3.05) is 11.9 Å². The fraction of sp³-hybridized carbons (Fsp3) is 0.125. The second-order valence-corrected chi connectivity index (χ2v) is 5.99. The van der Waals surface area contributed by atoms with Crippen LogP contribution < -0.4 is 5.32 Å². The molecule has 0 radical (unpaired) electrons. The number of ether oxygens (including phenoxy) is 1. The van der Waals surface area contributed by atoms with E-state index < -0.39 is 24.3 Å². The van der Waals surface area contributed by atoms with E-state index in [0.717, 1.165) is 0 Å². The Balaban J connectivity index is 2.03. The van der Waals surface area contributed by atoms with E-state index >= 15 is 0 Å². The summed E-state index contributed by atoms with van der Waals surface area (Å²) in [5, 5.41) is 2.57. The highest BCUT2D eigenvalue weighted by molar-refractivity contribution is 6.46. The topological polar surface area (TPSA) is 55.4 Å². The van der Waals surface area contributed by atoms with Gasteiger partial charge in [0.2, 0.25) is 0 Å². The first kappa shape index (κ1) is 18.5. The molecule has 0 saturated heterocycles. The van der Waals surface area contributed by atoms with E-state index in [-0.39, 0.29) is 26.3 Å². The molecule has 1 amide bonds. The van der Waals surface area contributed by atoms with E-state index in [1.165, 1.54) is 30.3 Å². The van der Waals surface area contributed by atoms with Crippen LogP contribution in [-0.2, 0) is 9.53 Å². The molecule has 2 aromatic carbocycles. The summed E-state index contributed by atoms with van der Waals surface area (Å²) in [7, 11) is 0. The largest absolute Gasteiger partial charge is 0.452 e. The molecule has 1 N–H and O–H groups in total. The van der Waals surface area contributed by atoms with E-state index in [4.69, 9.17) is 39.5 Å². The van der Waals surface area contributed by atoms with Crippen molar-refractivity contribution >= 4 is 52.4 Å². The van der Waals surface area contributed by atoms with Crippen LogP contribution in [0.5, 0.6) is 0 Å². The van der Waals surface area contributed by atoms with Crippen LogP contribution in [-0.4, -0.2) is 18.5 Å². The van der Waals surface area contributed by atoms with E-state index in [1.54, 1.807) is 6.92 Å². The number of rotatable bonds is 4.